The van der Waals surface area contributed by atoms with Gasteiger partial charge >= 0.3 is 0 Å². The third-order valence-corrected chi connectivity index (χ3v) is 3.66. The van der Waals surface area contributed by atoms with E-state index in [1.54, 1.807) is 0 Å². The quantitative estimate of drug-likeness (QED) is 0.734. The molecule has 1 aromatic rings. The number of benzene rings is 1. The third-order valence-electron chi connectivity index (χ3n) is 3.66. The van der Waals surface area contributed by atoms with E-state index >= 15 is 0 Å². The Balaban J connectivity index is 2.53. The normalized spacial score (nSPS) is 18.7. The molecule has 0 aromatic heterocycles. The number of hydrogen-bond donors (Lipinski definition) is 1. The van der Waals surface area contributed by atoms with Gasteiger partial charge in [0.15, 0.2) is 0 Å². The maximum Gasteiger partial charge on any atom is 0.0408 e. The average molecular weight is 218 g/mol. The van der Waals surface area contributed by atoms with Crippen molar-refractivity contribution in [3.05, 3.63) is 23.8 Å². The maximum atomic E-state index is 5.91. The highest BCUT2D eigenvalue weighted by Crippen LogP contribution is 2.41. The highest BCUT2D eigenvalue weighted by Gasteiger charge is 2.31. The first-order chi connectivity index (χ1) is 7.42. The maximum absolute atomic E-state index is 5.91. The van der Waals surface area contributed by atoms with Crippen LogP contribution < -0.4 is 10.6 Å². The Hall–Kier alpha value is -1.18. The van der Waals surface area contributed by atoms with Crippen molar-refractivity contribution in [3.8, 4) is 0 Å². The van der Waals surface area contributed by atoms with Crippen molar-refractivity contribution in [2.24, 2.45) is 0 Å². The summed E-state index contributed by atoms with van der Waals surface area (Å²) < 4.78 is 0. The zero-order valence-electron chi connectivity index (χ0n) is 10.7. The van der Waals surface area contributed by atoms with E-state index in [9.17, 15) is 0 Å². The summed E-state index contributed by atoms with van der Waals surface area (Å²) in [7, 11) is 0. The molecule has 1 aromatic carbocycles. The van der Waals surface area contributed by atoms with Crippen LogP contribution in [0.15, 0.2) is 18.2 Å². The van der Waals surface area contributed by atoms with E-state index in [4.69, 9.17) is 5.73 Å². The van der Waals surface area contributed by atoms with E-state index in [1.807, 2.05) is 6.07 Å². The second-order valence-corrected chi connectivity index (χ2v) is 5.70. The molecule has 16 heavy (non-hydrogen) atoms. The van der Waals surface area contributed by atoms with E-state index in [2.05, 4.69) is 44.7 Å². The highest BCUT2D eigenvalue weighted by molar-refractivity contribution is 5.64. The first-order valence-corrected chi connectivity index (χ1v) is 6.08. The summed E-state index contributed by atoms with van der Waals surface area (Å²) in [5.74, 6) is 0. The van der Waals surface area contributed by atoms with Crippen LogP contribution >= 0.6 is 0 Å². The van der Waals surface area contributed by atoms with Gasteiger partial charge < -0.3 is 10.6 Å². The van der Waals surface area contributed by atoms with Crippen LogP contribution in [0.1, 0.15) is 39.7 Å². The van der Waals surface area contributed by atoms with Crippen molar-refractivity contribution in [1.29, 1.82) is 0 Å². The lowest BCUT2D eigenvalue weighted by molar-refractivity contribution is 0.442. The lowest BCUT2D eigenvalue weighted by Gasteiger charge is -2.42. The molecule has 88 valence electrons. The molecule has 0 unspecified atom stereocenters. The van der Waals surface area contributed by atoms with Gasteiger partial charge in [-0.2, -0.15) is 0 Å². The number of hydrogen-bond acceptors (Lipinski definition) is 2. The van der Waals surface area contributed by atoms with Gasteiger partial charge in [0.25, 0.3) is 0 Å². The number of fused-ring (bicyclic) bond motifs is 1. The summed E-state index contributed by atoms with van der Waals surface area (Å²) in [5, 5.41) is 0. The predicted molar refractivity (Wildman–Crippen MR) is 71.0 cm³/mol. The van der Waals surface area contributed by atoms with Crippen LogP contribution in [-0.2, 0) is 5.41 Å². The summed E-state index contributed by atoms with van der Waals surface area (Å²) in [4.78, 5) is 2.47. The van der Waals surface area contributed by atoms with Crippen LogP contribution in [0.2, 0.25) is 0 Å². The number of nitrogens with two attached hydrogens (primary N) is 1. The Morgan fingerprint density at radius 3 is 2.62 bits per heavy atom. The molecule has 2 heteroatoms. The van der Waals surface area contributed by atoms with Crippen molar-refractivity contribution in [2.75, 3.05) is 17.2 Å². The van der Waals surface area contributed by atoms with E-state index in [-0.39, 0.29) is 5.41 Å². The third kappa shape index (κ3) is 1.77. The molecular formula is C14H22N2. The largest absolute Gasteiger partial charge is 0.399 e. The number of nitrogens with zero attached hydrogens (tertiary/aromatic N) is 1. The molecule has 0 saturated heterocycles. The molecule has 0 amide bonds. The van der Waals surface area contributed by atoms with Crippen molar-refractivity contribution in [1.82, 2.24) is 0 Å². The van der Waals surface area contributed by atoms with Crippen LogP contribution in [0.3, 0.4) is 0 Å². The second-order valence-electron chi connectivity index (χ2n) is 5.70. The molecular weight excluding hydrogens is 196 g/mol. The molecule has 1 aliphatic heterocycles. The fraction of sp³-hybridized carbons (Fsp3) is 0.571. The number of anilines is 2. The van der Waals surface area contributed by atoms with Crippen molar-refractivity contribution in [3.63, 3.8) is 0 Å². The fourth-order valence-electron chi connectivity index (χ4n) is 2.54. The minimum Gasteiger partial charge on any atom is -0.399 e. The Morgan fingerprint density at radius 2 is 2.00 bits per heavy atom. The molecule has 2 rings (SSSR count). The van der Waals surface area contributed by atoms with Gasteiger partial charge in [-0.3, -0.25) is 0 Å². The van der Waals surface area contributed by atoms with Gasteiger partial charge in [0.1, 0.15) is 0 Å². The summed E-state index contributed by atoms with van der Waals surface area (Å²) in [6.07, 6.45) is 1.20. The SMILES string of the molecule is CC(C)N1CCC(C)(C)c2cc(N)ccc21. The highest BCUT2D eigenvalue weighted by atomic mass is 15.2. The minimum absolute atomic E-state index is 0.246. The van der Waals surface area contributed by atoms with Crippen LogP contribution in [0.25, 0.3) is 0 Å². The van der Waals surface area contributed by atoms with E-state index in [1.165, 1.54) is 17.7 Å². The molecule has 0 saturated carbocycles. The lowest BCUT2D eigenvalue weighted by atomic mass is 9.77. The monoisotopic (exact) mass is 218 g/mol. The molecule has 0 atom stereocenters. The molecule has 0 aliphatic carbocycles. The molecule has 1 heterocycles. The number of rotatable bonds is 1. The van der Waals surface area contributed by atoms with Crippen LogP contribution in [0.5, 0.6) is 0 Å². The van der Waals surface area contributed by atoms with E-state index in [0.29, 0.717) is 6.04 Å². The zero-order chi connectivity index (χ0) is 11.9. The van der Waals surface area contributed by atoms with Crippen molar-refractivity contribution >= 4 is 11.4 Å². The summed E-state index contributed by atoms with van der Waals surface area (Å²) in [5.41, 5.74) is 9.78. The van der Waals surface area contributed by atoms with Gasteiger partial charge in [0.05, 0.1) is 0 Å². The fourth-order valence-corrected chi connectivity index (χ4v) is 2.54. The molecule has 0 bridgehead atoms. The molecule has 1 aliphatic rings. The first-order valence-electron chi connectivity index (χ1n) is 6.08. The smallest absolute Gasteiger partial charge is 0.0408 e. The molecule has 2 nitrogen and oxygen atoms in total. The number of nitrogen functional groups attached to an aromatic ring is 1. The van der Waals surface area contributed by atoms with Crippen LogP contribution in [0, 0.1) is 0 Å². The van der Waals surface area contributed by atoms with Crippen LogP contribution in [-0.4, -0.2) is 12.6 Å². The second kappa shape index (κ2) is 3.69. The van der Waals surface area contributed by atoms with Crippen molar-refractivity contribution < 1.29 is 0 Å². The summed E-state index contributed by atoms with van der Waals surface area (Å²) >= 11 is 0. The Bertz CT molecular complexity index is 394. The van der Waals surface area contributed by atoms with E-state index in [0.717, 1.165) is 12.2 Å². The molecule has 2 N–H and O–H groups in total. The molecule has 0 radical (unpaired) electrons. The zero-order valence-corrected chi connectivity index (χ0v) is 10.7. The van der Waals surface area contributed by atoms with Gasteiger partial charge in [-0.05, 0) is 49.4 Å². The van der Waals surface area contributed by atoms with Gasteiger partial charge in [-0.25, -0.2) is 0 Å². The Kier molecular flexibility index (Phi) is 2.61. The van der Waals surface area contributed by atoms with Crippen LogP contribution in [0.4, 0.5) is 11.4 Å². The van der Waals surface area contributed by atoms with Gasteiger partial charge in [-0.15, -0.1) is 0 Å². The Labute approximate surface area is 98.4 Å². The standard InChI is InChI=1S/C14H22N2/c1-10(2)16-8-7-14(3,4)12-9-11(15)5-6-13(12)16/h5-6,9-10H,7-8,15H2,1-4H3. The topological polar surface area (TPSA) is 29.3 Å². The Morgan fingerprint density at radius 1 is 1.31 bits per heavy atom. The minimum atomic E-state index is 0.246. The van der Waals surface area contributed by atoms with Gasteiger partial charge in [-0.1, -0.05) is 13.8 Å². The van der Waals surface area contributed by atoms with Crippen molar-refractivity contribution in [2.45, 2.75) is 45.6 Å². The average Bonchev–Trinajstić information content (AvgIpc) is 2.18. The lowest BCUT2D eigenvalue weighted by Crippen LogP contribution is -2.41. The molecule has 0 spiro atoms. The van der Waals surface area contributed by atoms with Gasteiger partial charge in [0, 0.05) is 24.0 Å². The summed E-state index contributed by atoms with van der Waals surface area (Å²) in [6, 6.07) is 6.88. The molecule has 0 fully saturated rings. The predicted octanol–water partition coefficient (Wildman–Crippen LogP) is 3.16. The first kappa shape index (κ1) is 11.3. The summed E-state index contributed by atoms with van der Waals surface area (Å²) in [6.45, 7) is 10.3. The van der Waals surface area contributed by atoms with Gasteiger partial charge in [0.2, 0.25) is 0 Å². The van der Waals surface area contributed by atoms with E-state index < -0.39 is 0 Å².